The normalized spacial score (nSPS) is 14.1. The zero-order chi connectivity index (χ0) is 49.7. The topological polar surface area (TPSA) is 252 Å². The molecule has 7 rings (SSSR count). The van der Waals surface area contributed by atoms with E-state index in [0.29, 0.717) is 47.1 Å². The van der Waals surface area contributed by atoms with Crippen molar-refractivity contribution in [2.24, 2.45) is 0 Å². The molecule has 1 aliphatic carbocycles. The summed E-state index contributed by atoms with van der Waals surface area (Å²) in [6.45, 7) is 10.9. The van der Waals surface area contributed by atoms with Crippen molar-refractivity contribution in [3.63, 3.8) is 0 Å². The predicted molar refractivity (Wildman–Crippen MR) is 273 cm³/mol. The van der Waals surface area contributed by atoms with E-state index in [0.717, 1.165) is 132 Å². The van der Waals surface area contributed by atoms with Gasteiger partial charge < -0.3 is 26.2 Å². The number of nitrogens with zero attached hydrogens (tertiary/aromatic N) is 8. The predicted octanol–water partition coefficient (Wildman–Crippen LogP) is 7.91. The highest BCUT2D eigenvalue weighted by atomic mass is 32.1. The number of anilines is 6. The number of thiazole rings is 1. The van der Waals surface area contributed by atoms with E-state index in [1.54, 1.807) is 35.9 Å². The molecule has 2 fully saturated rings. The van der Waals surface area contributed by atoms with Crippen LogP contribution in [0.15, 0.2) is 47.5 Å². The number of fused-ring (bicyclic) bond motifs is 1. The Kier molecular flexibility index (Phi) is 17.6. The summed E-state index contributed by atoms with van der Waals surface area (Å²) in [6.07, 6.45) is 15.9. The van der Waals surface area contributed by atoms with E-state index in [9.17, 15) is 34.1 Å². The van der Waals surface area contributed by atoms with Gasteiger partial charge in [-0.2, -0.15) is 4.98 Å². The van der Waals surface area contributed by atoms with E-state index in [4.69, 9.17) is 4.98 Å². The van der Waals surface area contributed by atoms with Crippen LogP contribution in [0.1, 0.15) is 129 Å². The number of nitro groups is 1. The fourth-order valence-electron chi connectivity index (χ4n) is 9.19. The number of pyridine rings is 2. The standard InChI is InChI=1S/C49H63N13O7S/c1-31-39-29-53-48(57-44(39)61(36-15-11-12-16-36)46(67)43(31)33(3)63)56-41-20-18-37(28-52-41)60-25-23-59(24-26-60)30-42(65)51-22-14-10-8-6-5-7-9-13-21-50-35-17-19-38(40(27-35)55-34(4)64)45(66)58-49-54-32(2)47(70-49)62(68)69/h17-20,27-29,36,50H,5-16,21-26,30H2,1-4H3,(H,51,65)(H,55,64)(H,54,58,66)(H,52,53,56,57). The maximum absolute atomic E-state index is 13.6. The Balaban J connectivity index is 0.739. The molecule has 2 aliphatic rings. The zero-order valence-corrected chi connectivity index (χ0v) is 41.2. The highest BCUT2D eigenvalue weighted by Crippen LogP contribution is 2.33. The van der Waals surface area contributed by atoms with Gasteiger partial charge in [0.15, 0.2) is 10.9 Å². The quantitative estimate of drug-likeness (QED) is 0.0180. The van der Waals surface area contributed by atoms with Crippen LogP contribution in [-0.4, -0.2) is 104 Å². The lowest BCUT2D eigenvalue weighted by Gasteiger charge is -2.35. The van der Waals surface area contributed by atoms with Gasteiger partial charge in [0.05, 0.1) is 40.2 Å². The number of carbonyl (C=O) groups is 4. The number of piperazine rings is 1. The summed E-state index contributed by atoms with van der Waals surface area (Å²) in [7, 11) is 0. The molecule has 20 nitrogen and oxygen atoms in total. The molecule has 0 unspecified atom stereocenters. The molecule has 1 aromatic carbocycles. The van der Waals surface area contributed by atoms with Gasteiger partial charge in [0, 0.05) is 69.5 Å². The van der Waals surface area contributed by atoms with E-state index < -0.39 is 10.8 Å². The van der Waals surface area contributed by atoms with Crippen molar-refractivity contribution in [3.8, 4) is 0 Å². The highest BCUT2D eigenvalue weighted by molar-refractivity contribution is 7.19. The van der Waals surface area contributed by atoms with Gasteiger partial charge in [0.25, 0.3) is 11.5 Å². The Morgan fingerprint density at radius 2 is 1.54 bits per heavy atom. The summed E-state index contributed by atoms with van der Waals surface area (Å²) in [5, 5.41) is 26.8. The first-order chi connectivity index (χ1) is 33.7. The van der Waals surface area contributed by atoms with Crippen molar-refractivity contribution in [2.45, 2.75) is 111 Å². The van der Waals surface area contributed by atoms with Crippen LogP contribution in [0.3, 0.4) is 0 Å². The first kappa shape index (κ1) is 51.0. The number of unbranched alkanes of at least 4 members (excludes halogenated alkanes) is 7. The van der Waals surface area contributed by atoms with Gasteiger partial charge in [0.2, 0.25) is 17.8 Å². The molecule has 1 saturated heterocycles. The largest absolute Gasteiger partial charge is 0.385 e. The lowest BCUT2D eigenvalue weighted by Crippen LogP contribution is -2.49. The Hall–Kier alpha value is -6.87. The number of nitrogens with one attached hydrogen (secondary N) is 5. The monoisotopic (exact) mass is 977 g/mol. The van der Waals surface area contributed by atoms with Gasteiger partial charge in [-0.15, -0.1) is 0 Å². The Labute approximate surface area is 410 Å². The third-order valence-electron chi connectivity index (χ3n) is 12.8. The van der Waals surface area contributed by atoms with Gasteiger partial charge >= 0.3 is 5.00 Å². The van der Waals surface area contributed by atoms with E-state index in [2.05, 4.69) is 51.3 Å². The lowest BCUT2D eigenvalue weighted by atomic mass is 10.0. The fraction of sp³-hybridized carbons (Fsp3) is 0.490. The number of hydrogen-bond donors (Lipinski definition) is 5. The molecule has 3 amide bonds. The third-order valence-corrected chi connectivity index (χ3v) is 13.9. The van der Waals surface area contributed by atoms with Crippen LogP contribution in [0.2, 0.25) is 0 Å². The van der Waals surface area contributed by atoms with Gasteiger partial charge in [-0.1, -0.05) is 51.4 Å². The van der Waals surface area contributed by atoms with Crippen molar-refractivity contribution in [2.75, 3.05) is 72.0 Å². The Morgan fingerprint density at radius 3 is 2.19 bits per heavy atom. The summed E-state index contributed by atoms with van der Waals surface area (Å²) in [6, 6.07) is 8.95. The first-order valence-electron chi connectivity index (χ1n) is 24.2. The Morgan fingerprint density at radius 1 is 0.843 bits per heavy atom. The highest BCUT2D eigenvalue weighted by Gasteiger charge is 2.27. The fourth-order valence-corrected chi connectivity index (χ4v) is 9.96. The number of aryl methyl sites for hydroxylation is 2. The smallest absolute Gasteiger partial charge is 0.348 e. The minimum absolute atomic E-state index is 0.00167. The molecule has 5 heterocycles. The molecule has 0 radical (unpaired) electrons. The van der Waals surface area contributed by atoms with Crippen molar-refractivity contribution in [1.82, 2.24) is 34.7 Å². The second-order valence-corrected chi connectivity index (χ2v) is 19.0. The summed E-state index contributed by atoms with van der Waals surface area (Å²) in [5.41, 5.74) is 3.56. The van der Waals surface area contributed by atoms with Crippen molar-refractivity contribution in [1.29, 1.82) is 0 Å². The molecule has 0 bridgehead atoms. The molecule has 5 aromatic rings. The summed E-state index contributed by atoms with van der Waals surface area (Å²) < 4.78 is 1.70. The Bertz CT molecular complexity index is 2750. The molecular formula is C49H63N13O7S. The molecule has 0 atom stereocenters. The number of amides is 3. The second kappa shape index (κ2) is 24.1. The number of carbonyl (C=O) groups excluding carboxylic acids is 4. The van der Waals surface area contributed by atoms with Crippen LogP contribution in [0.25, 0.3) is 11.0 Å². The van der Waals surface area contributed by atoms with Gasteiger partial charge in [-0.25, -0.2) is 15.0 Å². The molecule has 1 aliphatic heterocycles. The molecule has 5 N–H and O–H groups in total. The average molecular weight is 978 g/mol. The molecule has 70 heavy (non-hydrogen) atoms. The minimum Gasteiger partial charge on any atom is -0.385 e. The zero-order valence-electron chi connectivity index (χ0n) is 40.4. The van der Waals surface area contributed by atoms with Crippen molar-refractivity contribution in [3.05, 3.63) is 85.6 Å². The first-order valence-corrected chi connectivity index (χ1v) is 25.1. The minimum atomic E-state index is -0.539. The molecule has 1 saturated carbocycles. The number of hydrogen-bond acceptors (Lipinski definition) is 16. The third kappa shape index (κ3) is 13.3. The molecule has 4 aromatic heterocycles. The number of Topliss-reactive ketones (excluding diaryl/α,β-unsaturated/α-hetero) is 1. The average Bonchev–Trinajstić information content (AvgIpc) is 3.99. The van der Waals surface area contributed by atoms with Gasteiger partial charge in [0.1, 0.15) is 17.2 Å². The lowest BCUT2D eigenvalue weighted by molar-refractivity contribution is -0.380. The van der Waals surface area contributed by atoms with Crippen LogP contribution in [-0.2, 0) is 9.59 Å². The van der Waals surface area contributed by atoms with E-state index in [1.165, 1.54) is 20.8 Å². The summed E-state index contributed by atoms with van der Waals surface area (Å²) >= 11 is 0.776. The van der Waals surface area contributed by atoms with Crippen molar-refractivity contribution >= 4 is 84.8 Å². The molecule has 21 heteroatoms. The second-order valence-electron chi connectivity index (χ2n) is 18.1. The van der Waals surface area contributed by atoms with Crippen LogP contribution in [0.5, 0.6) is 0 Å². The number of rotatable bonds is 23. The van der Waals surface area contributed by atoms with Crippen LogP contribution < -0.4 is 37.0 Å². The number of benzene rings is 1. The molecular weight excluding hydrogens is 915 g/mol. The van der Waals surface area contributed by atoms with E-state index in [1.807, 2.05) is 18.3 Å². The number of ketones is 1. The van der Waals surface area contributed by atoms with E-state index in [-0.39, 0.29) is 56.2 Å². The van der Waals surface area contributed by atoms with E-state index >= 15 is 0 Å². The maximum Gasteiger partial charge on any atom is 0.348 e. The van der Waals surface area contributed by atoms with Crippen LogP contribution in [0.4, 0.5) is 39.0 Å². The van der Waals surface area contributed by atoms with Gasteiger partial charge in [-0.05, 0) is 93.7 Å². The van der Waals surface area contributed by atoms with Crippen molar-refractivity contribution < 1.29 is 24.1 Å². The molecule has 0 spiro atoms. The van der Waals surface area contributed by atoms with Crippen LogP contribution >= 0.6 is 11.3 Å². The summed E-state index contributed by atoms with van der Waals surface area (Å²) in [4.78, 5) is 96.7. The van der Waals surface area contributed by atoms with Crippen LogP contribution in [0, 0.1) is 24.0 Å². The summed E-state index contributed by atoms with van der Waals surface area (Å²) in [5.74, 6) is -0.168. The maximum atomic E-state index is 13.6. The van der Waals surface area contributed by atoms with Gasteiger partial charge in [-0.3, -0.25) is 48.9 Å². The molecule has 372 valence electrons. The SMILES string of the molecule is CC(=O)Nc1cc(NCCCCCCCCCCNC(=O)CN2CCN(c3ccc(Nc4ncc5c(C)c(C(C)=O)c(=O)n(C6CCCC6)c5n4)nc3)CC2)ccc1C(=O)Nc1nc(C)c([N+](=O)[O-])s1. The number of aromatic nitrogens is 5.